The van der Waals surface area contributed by atoms with E-state index in [1.54, 1.807) is 0 Å². The van der Waals surface area contributed by atoms with Crippen molar-refractivity contribution in [2.45, 2.75) is 6.92 Å². The van der Waals surface area contributed by atoms with E-state index >= 15 is 0 Å². The number of halogens is 2. The van der Waals surface area contributed by atoms with E-state index < -0.39 is 0 Å². The number of piperazine rings is 1. The van der Waals surface area contributed by atoms with Crippen LogP contribution < -0.4 is 10.2 Å². The molecule has 0 aliphatic carbocycles. The van der Waals surface area contributed by atoms with E-state index in [1.807, 2.05) is 36.4 Å². The summed E-state index contributed by atoms with van der Waals surface area (Å²) in [5.41, 5.74) is 3.29. The van der Waals surface area contributed by atoms with Gasteiger partial charge in [0.25, 0.3) is 0 Å². The van der Waals surface area contributed by atoms with Crippen molar-refractivity contribution in [2.75, 3.05) is 36.4 Å². The van der Waals surface area contributed by atoms with Crippen molar-refractivity contribution >= 4 is 51.9 Å². The van der Waals surface area contributed by atoms with Gasteiger partial charge in [0.2, 0.25) is 0 Å². The Bertz CT molecular complexity index is 743. The number of benzene rings is 2. The first-order valence-electron chi connectivity index (χ1n) is 7.86. The molecule has 0 bridgehead atoms. The molecule has 6 heteroatoms. The van der Waals surface area contributed by atoms with Crippen molar-refractivity contribution in [1.29, 1.82) is 0 Å². The van der Waals surface area contributed by atoms with Crippen LogP contribution in [0.1, 0.15) is 5.56 Å². The summed E-state index contributed by atoms with van der Waals surface area (Å²) in [6.45, 7) is 5.66. The number of hydrogen-bond donors (Lipinski definition) is 1. The zero-order valence-corrected chi connectivity index (χ0v) is 15.8. The Labute approximate surface area is 158 Å². The molecule has 2 aromatic carbocycles. The highest BCUT2D eigenvalue weighted by molar-refractivity contribution is 7.80. The molecule has 1 heterocycles. The van der Waals surface area contributed by atoms with Gasteiger partial charge in [0, 0.05) is 36.9 Å². The Morgan fingerprint density at radius 1 is 1.04 bits per heavy atom. The zero-order chi connectivity index (χ0) is 17.1. The second-order valence-corrected chi connectivity index (χ2v) is 7.05. The lowest BCUT2D eigenvalue weighted by atomic mass is 10.1. The average molecular weight is 380 g/mol. The molecule has 2 aromatic rings. The molecular formula is C18H19Cl2N3S. The fourth-order valence-electron chi connectivity index (χ4n) is 2.83. The fraction of sp³-hybridized carbons (Fsp3) is 0.278. The second kappa shape index (κ2) is 7.60. The van der Waals surface area contributed by atoms with E-state index in [-0.39, 0.29) is 0 Å². The lowest BCUT2D eigenvalue weighted by molar-refractivity contribution is 0.390. The normalized spacial score (nSPS) is 14.6. The van der Waals surface area contributed by atoms with Crippen molar-refractivity contribution in [3.05, 3.63) is 58.1 Å². The number of thiocarbonyl (C=S) groups is 1. The number of aryl methyl sites for hydroxylation is 1. The summed E-state index contributed by atoms with van der Waals surface area (Å²) in [6, 6.07) is 13.7. The minimum absolute atomic E-state index is 0.674. The second-order valence-electron chi connectivity index (χ2n) is 5.81. The van der Waals surface area contributed by atoms with Gasteiger partial charge < -0.3 is 15.1 Å². The Hall–Kier alpha value is -1.49. The molecule has 1 fully saturated rings. The minimum Gasteiger partial charge on any atom is -0.368 e. The standard InChI is InChI=1S/C18H19Cl2N3S/c1-13-6-7-14(19)12-17(13)22-8-10-23(11-9-22)18(24)21-16-5-3-2-4-15(16)20/h2-7,12H,8-11H2,1H3,(H,21,24). The molecule has 3 rings (SSSR count). The zero-order valence-electron chi connectivity index (χ0n) is 13.4. The van der Waals surface area contributed by atoms with E-state index in [9.17, 15) is 0 Å². The third-order valence-electron chi connectivity index (χ3n) is 4.19. The SMILES string of the molecule is Cc1ccc(Cl)cc1N1CCN(C(=S)Nc2ccccc2Cl)CC1. The van der Waals surface area contributed by atoms with Gasteiger partial charge in [-0.25, -0.2) is 0 Å². The predicted octanol–water partition coefficient (Wildman–Crippen LogP) is 4.82. The Balaban J connectivity index is 1.61. The molecule has 0 atom stereocenters. The van der Waals surface area contributed by atoms with Crippen molar-refractivity contribution < 1.29 is 0 Å². The van der Waals surface area contributed by atoms with Crippen LogP contribution in [0, 0.1) is 6.92 Å². The third kappa shape index (κ3) is 3.94. The molecule has 1 N–H and O–H groups in total. The Kier molecular flexibility index (Phi) is 5.49. The maximum atomic E-state index is 6.18. The van der Waals surface area contributed by atoms with E-state index in [0.717, 1.165) is 36.9 Å². The van der Waals surface area contributed by atoms with E-state index in [1.165, 1.54) is 11.3 Å². The molecule has 0 amide bonds. The smallest absolute Gasteiger partial charge is 0.173 e. The molecular weight excluding hydrogens is 361 g/mol. The van der Waals surface area contributed by atoms with E-state index in [4.69, 9.17) is 35.4 Å². The molecule has 126 valence electrons. The molecule has 24 heavy (non-hydrogen) atoms. The molecule has 1 aliphatic heterocycles. The van der Waals surface area contributed by atoms with Gasteiger partial charge in [-0.15, -0.1) is 0 Å². The lowest BCUT2D eigenvalue weighted by Crippen LogP contribution is -2.50. The summed E-state index contributed by atoms with van der Waals surface area (Å²) in [5, 5.41) is 5.40. The highest BCUT2D eigenvalue weighted by Crippen LogP contribution is 2.26. The van der Waals surface area contributed by atoms with E-state index in [0.29, 0.717) is 10.1 Å². The summed E-state index contributed by atoms with van der Waals surface area (Å²) >= 11 is 17.9. The van der Waals surface area contributed by atoms with Gasteiger partial charge in [0.1, 0.15) is 0 Å². The monoisotopic (exact) mass is 379 g/mol. The van der Waals surface area contributed by atoms with Gasteiger partial charge in [-0.1, -0.05) is 41.4 Å². The fourth-order valence-corrected chi connectivity index (χ4v) is 3.47. The van der Waals surface area contributed by atoms with Crippen LogP contribution in [-0.2, 0) is 0 Å². The van der Waals surface area contributed by atoms with Crippen LogP contribution in [0.2, 0.25) is 10.0 Å². The van der Waals surface area contributed by atoms with Crippen molar-refractivity contribution in [2.24, 2.45) is 0 Å². The van der Waals surface area contributed by atoms with Crippen LogP contribution in [0.15, 0.2) is 42.5 Å². The molecule has 1 aliphatic rings. The molecule has 0 spiro atoms. The first kappa shape index (κ1) is 17.3. The number of anilines is 2. The van der Waals surface area contributed by atoms with Gasteiger partial charge in [-0.3, -0.25) is 0 Å². The van der Waals surface area contributed by atoms with Gasteiger partial charge in [0.05, 0.1) is 10.7 Å². The summed E-state index contributed by atoms with van der Waals surface area (Å²) < 4.78 is 0. The summed E-state index contributed by atoms with van der Waals surface area (Å²) in [7, 11) is 0. The van der Waals surface area contributed by atoms with Crippen LogP contribution in [0.3, 0.4) is 0 Å². The van der Waals surface area contributed by atoms with Gasteiger partial charge in [-0.05, 0) is 49.0 Å². The highest BCUT2D eigenvalue weighted by Gasteiger charge is 2.20. The van der Waals surface area contributed by atoms with Crippen molar-refractivity contribution in [3.8, 4) is 0 Å². The number of para-hydroxylation sites is 1. The van der Waals surface area contributed by atoms with Crippen LogP contribution in [0.5, 0.6) is 0 Å². The van der Waals surface area contributed by atoms with Crippen molar-refractivity contribution in [1.82, 2.24) is 4.90 Å². The maximum absolute atomic E-state index is 6.18. The number of nitrogens with zero attached hydrogens (tertiary/aromatic N) is 2. The summed E-state index contributed by atoms with van der Waals surface area (Å²) in [4.78, 5) is 4.53. The predicted molar refractivity (Wildman–Crippen MR) is 108 cm³/mol. The molecule has 0 unspecified atom stereocenters. The van der Waals surface area contributed by atoms with Crippen LogP contribution in [-0.4, -0.2) is 36.2 Å². The molecule has 3 nitrogen and oxygen atoms in total. The van der Waals surface area contributed by atoms with Crippen LogP contribution in [0.25, 0.3) is 0 Å². The Morgan fingerprint density at radius 2 is 1.75 bits per heavy atom. The van der Waals surface area contributed by atoms with Gasteiger partial charge in [-0.2, -0.15) is 0 Å². The summed E-state index contributed by atoms with van der Waals surface area (Å²) in [6.07, 6.45) is 0. The highest BCUT2D eigenvalue weighted by atomic mass is 35.5. The van der Waals surface area contributed by atoms with Gasteiger partial charge >= 0.3 is 0 Å². The first-order valence-corrected chi connectivity index (χ1v) is 9.02. The molecule has 0 radical (unpaired) electrons. The van der Waals surface area contributed by atoms with Crippen molar-refractivity contribution in [3.63, 3.8) is 0 Å². The quantitative estimate of drug-likeness (QED) is 0.753. The van der Waals surface area contributed by atoms with E-state index in [2.05, 4.69) is 28.1 Å². The van der Waals surface area contributed by atoms with Gasteiger partial charge in [0.15, 0.2) is 5.11 Å². The first-order chi connectivity index (χ1) is 11.5. The minimum atomic E-state index is 0.674. The number of hydrogen-bond acceptors (Lipinski definition) is 2. The lowest BCUT2D eigenvalue weighted by Gasteiger charge is -2.38. The summed E-state index contributed by atoms with van der Waals surface area (Å²) in [5.74, 6) is 0. The van der Waals surface area contributed by atoms with Crippen LogP contribution in [0.4, 0.5) is 11.4 Å². The molecule has 1 saturated heterocycles. The largest absolute Gasteiger partial charge is 0.368 e. The van der Waals surface area contributed by atoms with Crippen LogP contribution >= 0.6 is 35.4 Å². The Morgan fingerprint density at radius 3 is 2.46 bits per heavy atom. The average Bonchev–Trinajstić information content (AvgIpc) is 2.59. The number of nitrogens with one attached hydrogen (secondary N) is 1. The number of rotatable bonds is 2. The topological polar surface area (TPSA) is 18.5 Å². The third-order valence-corrected chi connectivity index (χ3v) is 5.12. The molecule has 0 aromatic heterocycles. The molecule has 0 saturated carbocycles. The maximum Gasteiger partial charge on any atom is 0.173 e.